The van der Waals surface area contributed by atoms with Gasteiger partial charge in [-0.3, -0.25) is 0 Å². The third-order valence-corrected chi connectivity index (χ3v) is 1.80. The summed E-state index contributed by atoms with van der Waals surface area (Å²) in [7, 11) is 0. The SMILES string of the molecule is Fc1cccc(CCNCC(F)(F)F)c1. The van der Waals surface area contributed by atoms with Crippen LogP contribution in [-0.2, 0) is 6.42 Å². The highest BCUT2D eigenvalue weighted by Crippen LogP contribution is 2.12. The zero-order valence-electron chi connectivity index (χ0n) is 7.94. The number of hydrogen-bond acceptors (Lipinski definition) is 1. The van der Waals surface area contributed by atoms with Crippen LogP contribution >= 0.6 is 0 Å². The average Bonchev–Trinajstić information content (AvgIpc) is 2.11. The first kappa shape index (κ1) is 12.0. The van der Waals surface area contributed by atoms with Gasteiger partial charge in [-0.25, -0.2) is 4.39 Å². The van der Waals surface area contributed by atoms with Gasteiger partial charge in [0.15, 0.2) is 0 Å². The quantitative estimate of drug-likeness (QED) is 0.608. The van der Waals surface area contributed by atoms with E-state index in [9.17, 15) is 17.6 Å². The summed E-state index contributed by atoms with van der Waals surface area (Å²) in [5.41, 5.74) is 0.685. The van der Waals surface area contributed by atoms with Gasteiger partial charge in [-0.15, -0.1) is 0 Å². The lowest BCUT2D eigenvalue weighted by molar-refractivity contribution is -0.124. The van der Waals surface area contributed by atoms with Gasteiger partial charge in [-0.2, -0.15) is 13.2 Å². The molecule has 1 nitrogen and oxygen atoms in total. The molecule has 1 N–H and O–H groups in total. The van der Waals surface area contributed by atoms with Crippen molar-refractivity contribution in [2.45, 2.75) is 12.6 Å². The Labute approximate surface area is 85.1 Å². The molecule has 0 unspecified atom stereocenters. The standard InChI is InChI=1S/C10H11F4N/c11-9-3-1-2-8(6-9)4-5-15-7-10(12,13)14/h1-3,6,15H,4-5,7H2. The maximum absolute atomic E-state index is 12.7. The number of hydrogen-bond donors (Lipinski definition) is 1. The van der Waals surface area contributed by atoms with Crippen molar-refractivity contribution in [1.29, 1.82) is 0 Å². The average molecular weight is 221 g/mol. The van der Waals surface area contributed by atoms with Crippen LogP contribution in [0.15, 0.2) is 24.3 Å². The van der Waals surface area contributed by atoms with Crippen molar-refractivity contribution in [3.8, 4) is 0 Å². The van der Waals surface area contributed by atoms with E-state index in [1.54, 1.807) is 6.07 Å². The smallest absolute Gasteiger partial charge is 0.308 e. The molecule has 0 saturated heterocycles. The van der Waals surface area contributed by atoms with Crippen molar-refractivity contribution >= 4 is 0 Å². The van der Waals surface area contributed by atoms with E-state index in [4.69, 9.17) is 0 Å². The van der Waals surface area contributed by atoms with E-state index in [-0.39, 0.29) is 12.4 Å². The predicted molar refractivity (Wildman–Crippen MR) is 49.0 cm³/mol. The Morgan fingerprint density at radius 3 is 2.53 bits per heavy atom. The van der Waals surface area contributed by atoms with E-state index in [1.807, 2.05) is 0 Å². The lowest BCUT2D eigenvalue weighted by Crippen LogP contribution is -2.30. The van der Waals surface area contributed by atoms with Crippen molar-refractivity contribution in [2.24, 2.45) is 0 Å². The van der Waals surface area contributed by atoms with Gasteiger partial charge < -0.3 is 5.32 Å². The van der Waals surface area contributed by atoms with Gasteiger partial charge in [-0.05, 0) is 30.7 Å². The molecule has 0 fully saturated rings. The van der Waals surface area contributed by atoms with Crippen LogP contribution in [-0.4, -0.2) is 19.3 Å². The molecule has 0 aliphatic carbocycles. The third kappa shape index (κ3) is 5.37. The van der Waals surface area contributed by atoms with Gasteiger partial charge in [0.2, 0.25) is 0 Å². The molecule has 0 aliphatic rings. The molecule has 0 aromatic heterocycles. The topological polar surface area (TPSA) is 12.0 Å². The Morgan fingerprint density at radius 1 is 1.20 bits per heavy atom. The minimum Gasteiger partial charge on any atom is -0.308 e. The zero-order chi connectivity index (χ0) is 11.3. The maximum Gasteiger partial charge on any atom is 0.401 e. The summed E-state index contributed by atoms with van der Waals surface area (Å²) in [4.78, 5) is 0. The van der Waals surface area contributed by atoms with E-state index >= 15 is 0 Å². The van der Waals surface area contributed by atoms with Gasteiger partial charge >= 0.3 is 6.18 Å². The molecule has 0 radical (unpaired) electrons. The fourth-order valence-electron chi connectivity index (χ4n) is 1.16. The summed E-state index contributed by atoms with van der Waals surface area (Å²) < 4.78 is 47.8. The Bertz CT molecular complexity index is 309. The van der Waals surface area contributed by atoms with Crippen LogP contribution in [0.4, 0.5) is 17.6 Å². The van der Waals surface area contributed by atoms with Crippen LogP contribution < -0.4 is 5.32 Å². The van der Waals surface area contributed by atoms with Gasteiger partial charge in [-0.1, -0.05) is 12.1 Å². The van der Waals surface area contributed by atoms with Crippen molar-refractivity contribution in [3.05, 3.63) is 35.6 Å². The highest BCUT2D eigenvalue weighted by atomic mass is 19.4. The predicted octanol–water partition coefficient (Wildman–Crippen LogP) is 2.52. The summed E-state index contributed by atoms with van der Waals surface area (Å²) in [6.07, 6.45) is -3.81. The van der Waals surface area contributed by atoms with Crippen LogP contribution in [0.2, 0.25) is 0 Å². The summed E-state index contributed by atoms with van der Waals surface area (Å²) in [5, 5.41) is 2.25. The van der Waals surface area contributed by atoms with Crippen molar-refractivity contribution < 1.29 is 17.6 Å². The van der Waals surface area contributed by atoms with Crippen LogP contribution in [0, 0.1) is 5.82 Å². The Balaban J connectivity index is 2.26. The van der Waals surface area contributed by atoms with Crippen molar-refractivity contribution in [1.82, 2.24) is 5.32 Å². The normalized spacial score (nSPS) is 11.7. The van der Waals surface area contributed by atoms with Crippen molar-refractivity contribution in [2.75, 3.05) is 13.1 Å². The molecule has 0 heterocycles. The minimum atomic E-state index is -4.19. The van der Waals surface area contributed by atoms with Gasteiger partial charge in [0.05, 0.1) is 6.54 Å². The first-order chi connectivity index (χ1) is 6.97. The first-order valence-electron chi connectivity index (χ1n) is 4.49. The molecule has 84 valence electrons. The highest BCUT2D eigenvalue weighted by molar-refractivity contribution is 5.16. The molecule has 0 atom stereocenters. The zero-order valence-corrected chi connectivity index (χ0v) is 7.94. The number of rotatable bonds is 4. The molecule has 0 bridgehead atoms. The van der Waals surface area contributed by atoms with Gasteiger partial charge in [0.25, 0.3) is 0 Å². The van der Waals surface area contributed by atoms with E-state index < -0.39 is 12.7 Å². The molecule has 15 heavy (non-hydrogen) atoms. The molecule has 0 amide bonds. The first-order valence-corrected chi connectivity index (χ1v) is 4.49. The second-order valence-corrected chi connectivity index (χ2v) is 3.17. The van der Waals surface area contributed by atoms with Crippen molar-refractivity contribution in [3.63, 3.8) is 0 Å². The van der Waals surface area contributed by atoms with Crippen LogP contribution in [0.1, 0.15) is 5.56 Å². The number of nitrogens with one attached hydrogen (secondary N) is 1. The maximum atomic E-state index is 12.7. The Hall–Kier alpha value is -1.10. The van der Waals surface area contributed by atoms with Crippen LogP contribution in [0.5, 0.6) is 0 Å². The largest absolute Gasteiger partial charge is 0.401 e. The summed E-state index contributed by atoms with van der Waals surface area (Å²) >= 11 is 0. The summed E-state index contributed by atoms with van der Waals surface area (Å²) in [5.74, 6) is -0.372. The molecule has 0 spiro atoms. The molecule has 1 rings (SSSR count). The minimum absolute atomic E-state index is 0.183. The van der Waals surface area contributed by atoms with E-state index in [0.29, 0.717) is 12.0 Å². The van der Waals surface area contributed by atoms with E-state index in [1.165, 1.54) is 18.2 Å². The Morgan fingerprint density at radius 2 is 1.93 bits per heavy atom. The van der Waals surface area contributed by atoms with Gasteiger partial charge in [0.1, 0.15) is 5.82 Å². The highest BCUT2D eigenvalue weighted by Gasteiger charge is 2.25. The fraction of sp³-hybridized carbons (Fsp3) is 0.400. The molecule has 0 aliphatic heterocycles. The van der Waals surface area contributed by atoms with Crippen LogP contribution in [0.3, 0.4) is 0 Å². The summed E-state index contributed by atoms with van der Waals surface area (Å²) in [6, 6.07) is 5.83. The third-order valence-electron chi connectivity index (χ3n) is 1.80. The number of alkyl halides is 3. The van der Waals surface area contributed by atoms with E-state index in [0.717, 1.165) is 0 Å². The lowest BCUT2D eigenvalue weighted by Gasteiger charge is -2.07. The Kier molecular flexibility index (Phi) is 4.08. The number of benzene rings is 1. The molecular weight excluding hydrogens is 210 g/mol. The second kappa shape index (κ2) is 5.11. The summed E-state index contributed by atoms with van der Waals surface area (Å²) in [6.45, 7) is -0.828. The molecule has 5 heteroatoms. The number of halogens is 4. The molecule has 1 aromatic rings. The fourth-order valence-corrected chi connectivity index (χ4v) is 1.16. The molecule has 1 aromatic carbocycles. The molecule has 0 saturated carbocycles. The van der Waals surface area contributed by atoms with Gasteiger partial charge in [0, 0.05) is 0 Å². The van der Waals surface area contributed by atoms with Crippen LogP contribution in [0.25, 0.3) is 0 Å². The monoisotopic (exact) mass is 221 g/mol. The lowest BCUT2D eigenvalue weighted by atomic mass is 10.1. The molecular formula is C10H11F4N. The van der Waals surface area contributed by atoms with E-state index in [2.05, 4.69) is 5.32 Å². The second-order valence-electron chi connectivity index (χ2n) is 3.17.